The average molecular weight is 411 g/mol. The summed E-state index contributed by atoms with van der Waals surface area (Å²) in [7, 11) is 0. The molecule has 0 aromatic heterocycles. The average Bonchev–Trinajstić information content (AvgIpc) is 3.55. The van der Waals surface area contributed by atoms with Crippen molar-refractivity contribution in [3.63, 3.8) is 0 Å². The van der Waals surface area contributed by atoms with Crippen LogP contribution in [0.15, 0.2) is 42.5 Å². The maximum atomic E-state index is 13.2. The van der Waals surface area contributed by atoms with Gasteiger partial charge in [0.1, 0.15) is 11.6 Å². The van der Waals surface area contributed by atoms with E-state index in [4.69, 9.17) is 14.6 Å². The fourth-order valence-electron chi connectivity index (χ4n) is 4.34. The Morgan fingerprint density at radius 3 is 2.40 bits per heavy atom. The first-order valence-corrected chi connectivity index (χ1v) is 10.2. The smallest absolute Gasteiger partial charge is 0.307 e. The van der Waals surface area contributed by atoms with Crippen LogP contribution < -0.4 is 4.74 Å². The molecule has 2 fully saturated rings. The summed E-state index contributed by atoms with van der Waals surface area (Å²) in [6, 6.07) is 12.2. The fourth-order valence-corrected chi connectivity index (χ4v) is 4.34. The number of hydrogen-bond donors (Lipinski definition) is 1. The largest absolute Gasteiger partial charge is 0.481 e. The predicted molar refractivity (Wildman–Crippen MR) is 105 cm³/mol. The number of rotatable bonds is 3. The number of carboxylic acids is 1. The Morgan fingerprint density at radius 2 is 1.73 bits per heavy atom. The first-order valence-electron chi connectivity index (χ1n) is 10.2. The summed E-state index contributed by atoms with van der Waals surface area (Å²) in [6.45, 7) is 1.39. The monoisotopic (exact) mass is 411 g/mol. The number of amides is 1. The molecule has 1 spiro atoms. The summed E-state index contributed by atoms with van der Waals surface area (Å²) in [5.74, 6) is -2.13. The number of hydrogen-bond acceptors (Lipinski definition) is 4. The number of halogens is 1. The van der Waals surface area contributed by atoms with Crippen LogP contribution in [0.4, 0.5) is 4.39 Å². The van der Waals surface area contributed by atoms with Crippen LogP contribution in [0.2, 0.25) is 0 Å². The molecule has 5 rings (SSSR count). The molecule has 1 aliphatic carbocycles. The highest BCUT2D eigenvalue weighted by Gasteiger charge is 2.51. The van der Waals surface area contributed by atoms with Gasteiger partial charge in [0.25, 0.3) is 0 Å². The molecule has 6 nitrogen and oxygen atoms in total. The van der Waals surface area contributed by atoms with E-state index < -0.39 is 17.7 Å². The third-order valence-corrected chi connectivity index (χ3v) is 6.29. The number of carboxylic acid groups (broad SMARTS) is 1. The third-order valence-electron chi connectivity index (χ3n) is 6.29. The zero-order valence-electron chi connectivity index (χ0n) is 16.3. The Kier molecular flexibility index (Phi) is 4.50. The van der Waals surface area contributed by atoms with E-state index in [-0.39, 0.29) is 17.6 Å². The summed E-state index contributed by atoms with van der Waals surface area (Å²) >= 11 is 0. The first kappa shape index (κ1) is 19.1. The first-order chi connectivity index (χ1) is 14.4. The van der Waals surface area contributed by atoms with E-state index >= 15 is 0 Å². The second-order valence-electron chi connectivity index (χ2n) is 8.24. The quantitative estimate of drug-likeness (QED) is 0.837. The van der Waals surface area contributed by atoms with Crippen LogP contribution >= 0.6 is 0 Å². The maximum Gasteiger partial charge on any atom is 0.307 e. The van der Waals surface area contributed by atoms with Crippen molar-refractivity contribution >= 4 is 11.9 Å². The minimum absolute atomic E-state index is 0.0719. The van der Waals surface area contributed by atoms with Crippen LogP contribution in [0.3, 0.4) is 0 Å². The second kappa shape index (κ2) is 7.09. The number of carbonyl (C=O) groups excluding carboxylic acids is 1. The molecule has 3 aliphatic rings. The number of piperidine rings is 1. The van der Waals surface area contributed by atoms with E-state index in [2.05, 4.69) is 0 Å². The van der Waals surface area contributed by atoms with Gasteiger partial charge in [0.15, 0.2) is 0 Å². The van der Waals surface area contributed by atoms with Crippen molar-refractivity contribution in [1.82, 2.24) is 4.90 Å². The summed E-state index contributed by atoms with van der Waals surface area (Å²) in [6.07, 6.45) is 1.53. The number of fused-ring (bicyclic) bond motifs is 1. The van der Waals surface area contributed by atoms with Gasteiger partial charge in [0, 0.05) is 31.5 Å². The lowest BCUT2D eigenvalue weighted by Gasteiger charge is -2.44. The number of nitrogens with zero attached hydrogens (tertiary/aromatic N) is 1. The summed E-state index contributed by atoms with van der Waals surface area (Å²) in [5.41, 5.74) is 2.82. The van der Waals surface area contributed by atoms with Gasteiger partial charge in [-0.1, -0.05) is 18.2 Å². The molecule has 156 valence electrons. The molecule has 30 heavy (non-hydrogen) atoms. The van der Waals surface area contributed by atoms with Gasteiger partial charge in [-0.3, -0.25) is 9.59 Å². The Morgan fingerprint density at radius 1 is 1.03 bits per heavy atom. The molecule has 2 aromatic carbocycles. The van der Waals surface area contributed by atoms with E-state index in [0.717, 1.165) is 22.4 Å². The molecule has 2 aliphatic heterocycles. The highest BCUT2D eigenvalue weighted by Crippen LogP contribution is 2.43. The standard InChI is InChI=1S/C23H22FNO5/c24-17-4-1-14(2-5-17)15-3-6-20-16(11-15)13-29-23(30-20)7-9-25(10-8-23)21(26)18-12-19(18)22(27)28/h1-6,11,18-19H,7-10,12-13H2,(H,27,28). The molecule has 7 heteroatoms. The van der Waals surface area contributed by atoms with Gasteiger partial charge >= 0.3 is 5.97 Å². The molecule has 2 unspecified atom stereocenters. The second-order valence-corrected chi connectivity index (χ2v) is 8.24. The van der Waals surface area contributed by atoms with Gasteiger partial charge in [-0.2, -0.15) is 0 Å². The van der Waals surface area contributed by atoms with Crippen molar-refractivity contribution in [3.05, 3.63) is 53.8 Å². The van der Waals surface area contributed by atoms with Crippen molar-refractivity contribution < 1.29 is 28.6 Å². The Bertz CT molecular complexity index is 997. The van der Waals surface area contributed by atoms with Gasteiger partial charge in [-0.05, 0) is 41.8 Å². The lowest BCUT2D eigenvalue weighted by molar-refractivity contribution is -0.227. The summed E-state index contributed by atoms with van der Waals surface area (Å²) < 4.78 is 25.5. The van der Waals surface area contributed by atoms with Crippen molar-refractivity contribution in [1.29, 1.82) is 0 Å². The minimum atomic E-state index is -0.891. The lowest BCUT2D eigenvalue weighted by Crippen LogP contribution is -2.52. The highest BCUT2D eigenvalue weighted by molar-refractivity contribution is 5.89. The Labute approximate surface area is 173 Å². The topological polar surface area (TPSA) is 76.1 Å². The van der Waals surface area contributed by atoms with Crippen molar-refractivity contribution in [3.8, 4) is 16.9 Å². The Balaban J connectivity index is 1.24. The number of ether oxygens (including phenoxy) is 2. The van der Waals surface area contributed by atoms with Crippen LogP contribution in [-0.4, -0.2) is 40.8 Å². The molecule has 1 saturated carbocycles. The van der Waals surface area contributed by atoms with Crippen LogP contribution in [-0.2, 0) is 20.9 Å². The maximum absolute atomic E-state index is 13.2. The number of aliphatic carboxylic acids is 1. The van der Waals surface area contributed by atoms with Crippen molar-refractivity contribution in [2.75, 3.05) is 13.1 Å². The SMILES string of the molecule is O=C(O)C1CC1C(=O)N1CCC2(CC1)OCc1cc(-c3ccc(F)cc3)ccc1O2. The van der Waals surface area contributed by atoms with Crippen LogP contribution in [0, 0.1) is 17.7 Å². The van der Waals surface area contributed by atoms with Gasteiger partial charge in [-0.25, -0.2) is 4.39 Å². The summed E-state index contributed by atoms with van der Waals surface area (Å²) in [5, 5.41) is 9.04. The van der Waals surface area contributed by atoms with Gasteiger partial charge in [0.05, 0.1) is 18.4 Å². The molecule has 0 bridgehead atoms. The van der Waals surface area contributed by atoms with E-state index in [9.17, 15) is 14.0 Å². The zero-order valence-corrected chi connectivity index (χ0v) is 16.3. The van der Waals surface area contributed by atoms with E-state index in [1.807, 2.05) is 18.2 Å². The predicted octanol–water partition coefficient (Wildman–Crippen LogP) is 3.44. The molecule has 2 atom stereocenters. The molecule has 1 amide bonds. The normalized spacial score (nSPS) is 24.1. The molecular formula is C23H22FNO5. The molecule has 2 aromatic rings. The van der Waals surface area contributed by atoms with E-state index in [0.29, 0.717) is 39.0 Å². The third kappa shape index (κ3) is 3.43. The van der Waals surface area contributed by atoms with Crippen molar-refractivity contribution in [2.24, 2.45) is 11.8 Å². The molecule has 0 radical (unpaired) electrons. The lowest BCUT2D eigenvalue weighted by atomic mass is 9.98. The molecular weight excluding hydrogens is 389 g/mol. The minimum Gasteiger partial charge on any atom is -0.481 e. The number of likely N-dealkylation sites (tertiary alicyclic amines) is 1. The van der Waals surface area contributed by atoms with Crippen LogP contribution in [0.25, 0.3) is 11.1 Å². The molecule has 2 heterocycles. The van der Waals surface area contributed by atoms with Gasteiger partial charge < -0.3 is 19.5 Å². The summed E-state index contributed by atoms with van der Waals surface area (Å²) in [4.78, 5) is 25.3. The van der Waals surface area contributed by atoms with Crippen molar-refractivity contribution in [2.45, 2.75) is 31.7 Å². The van der Waals surface area contributed by atoms with Gasteiger partial charge in [-0.15, -0.1) is 0 Å². The highest BCUT2D eigenvalue weighted by atomic mass is 19.1. The Hall–Kier alpha value is -2.93. The van der Waals surface area contributed by atoms with E-state index in [1.54, 1.807) is 17.0 Å². The van der Waals surface area contributed by atoms with E-state index in [1.165, 1.54) is 12.1 Å². The van der Waals surface area contributed by atoms with Gasteiger partial charge in [0.2, 0.25) is 11.7 Å². The molecule has 1 N–H and O–H groups in total. The van der Waals surface area contributed by atoms with Crippen LogP contribution in [0.1, 0.15) is 24.8 Å². The zero-order chi connectivity index (χ0) is 20.9. The van der Waals surface area contributed by atoms with Crippen LogP contribution in [0.5, 0.6) is 5.75 Å². The number of carbonyl (C=O) groups is 2. The fraction of sp³-hybridized carbons (Fsp3) is 0.391. The number of benzene rings is 2. The molecule has 1 saturated heterocycles.